The van der Waals surface area contributed by atoms with Crippen LogP contribution in [0.5, 0.6) is 5.75 Å². The second kappa shape index (κ2) is 5.39. The van der Waals surface area contributed by atoms with E-state index in [1.807, 2.05) is 37.3 Å². The maximum absolute atomic E-state index is 10.3. The summed E-state index contributed by atoms with van der Waals surface area (Å²) in [4.78, 5) is 0. The standard InChI is InChI=1S/C16H24O/c1-6-9-13-10-8-11-14(15(13)17)12(3)16(4,5)7-2/h6,8-12,17H,7H2,1-5H3/b9-6+. The fourth-order valence-electron chi connectivity index (χ4n) is 1.97. The Bertz CT molecular complexity index is 402. The molecule has 0 saturated carbocycles. The van der Waals surface area contributed by atoms with Crippen molar-refractivity contribution in [1.82, 2.24) is 0 Å². The van der Waals surface area contributed by atoms with E-state index in [-0.39, 0.29) is 5.41 Å². The fourth-order valence-corrected chi connectivity index (χ4v) is 1.97. The van der Waals surface area contributed by atoms with Crippen LogP contribution in [-0.2, 0) is 0 Å². The molecule has 0 spiro atoms. The van der Waals surface area contributed by atoms with Crippen LogP contribution >= 0.6 is 0 Å². The molecule has 0 heterocycles. The third-order valence-electron chi connectivity index (χ3n) is 3.99. The van der Waals surface area contributed by atoms with E-state index < -0.39 is 0 Å². The highest BCUT2D eigenvalue weighted by Crippen LogP contribution is 2.42. The van der Waals surface area contributed by atoms with Gasteiger partial charge in [0.25, 0.3) is 0 Å². The molecule has 1 aromatic carbocycles. The van der Waals surface area contributed by atoms with Gasteiger partial charge in [-0.3, -0.25) is 0 Å². The Kier molecular flexibility index (Phi) is 4.39. The highest BCUT2D eigenvalue weighted by Gasteiger charge is 2.27. The second-order valence-corrected chi connectivity index (χ2v) is 5.35. The summed E-state index contributed by atoms with van der Waals surface area (Å²) in [7, 11) is 0. The van der Waals surface area contributed by atoms with Crippen molar-refractivity contribution >= 4 is 6.08 Å². The maximum Gasteiger partial charge on any atom is 0.126 e. The van der Waals surface area contributed by atoms with E-state index in [0.717, 1.165) is 17.5 Å². The van der Waals surface area contributed by atoms with Crippen molar-refractivity contribution in [1.29, 1.82) is 0 Å². The molecule has 0 aromatic heterocycles. The van der Waals surface area contributed by atoms with Gasteiger partial charge >= 0.3 is 0 Å². The zero-order valence-electron chi connectivity index (χ0n) is 11.6. The van der Waals surface area contributed by atoms with Crippen LogP contribution in [0, 0.1) is 5.41 Å². The summed E-state index contributed by atoms with van der Waals surface area (Å²) < 4.78 is 0. The summed E-state index contributed by atoms with van der Waals surface area (Å²) in [5.41, 5.74) is 2.16. The van der Waals surface area contributed by atoms with Gasteiger partial charge in [-0.15, -0.1) is 0 Å². The Labute approximate surface area is 105 Å². The Morgan fingerprint density at radius 1 is 1.35 bits per heavy atom. The summed E-state index contributed by atoms with van der Waals surface area (Å²) in [5.74, 6) is 0.775. The molecule has 1 nitrogen and oxygen atoms in total. The largest absolute Gasteiger partial charge is 0.507 e. The van der Waals surface area contributed by atoms with Crippen LogP contribution in [-0.4, -0.2) is 5.11 Å². The first kappa shape index (κ1) is 13.8. The van der Waals surface area contributed by atoms with E-state index in [9.17, 15) is 5.11 Å². The van der Waals surface area contributed by atoms with Gasteiger partial charge in [-0.2, -0.15) is 0 Å². The van der Waals surface area contributed by atoms with E-state index >= 15 is 0 Å². The number of rotatable bonds is 4. The molecular formula is C16H24O. The lowest BCUT2D eigenvalue weighted by Gasteiger charge is -2.31. The van der Waals surface area contributed by atoms with Crippen LogP contribution in [0.25, 0.3) is 6.08 Å². The molecule has 1 aromatic rings. The summed E-state index contributed by atoms with van der Waals surface area (Å²) in [6.07, 6.45) is 5.00. The van der Waals surface area contributed by atoms with Gasteiger partial charge < -0.3 is 5.11 Å². The zero-order valence-corrected chi connectivity index (χ0v) is 11.6. The van der Waals surface area contributed by atoms with E-state index in [4.69, 9.17) is 0 Å². The van der Waals surface area contributed by atoms with Gasteiger partial charge in [0.15, 0.2) is 0 Å². The Balaban J connectivity index is 3.19. The minimum absolute atomic E-state index is 0.200. The SMILES string of the molecule is C/C=C/c1cccc(C(C)C(C)(C)CC)c1O. The molecule has 94 valence electrons. The molecule has 0 bridgehead atoms. The number of aromatic hydroxyl groups is 1. The Morgan fingerprint density at radius 2 is 2.00 bits per heavy atom. The van der Waals surface area contributed by atoms with Crippen molar-refractivity contribution in [2.75, 3.05) is 0 Å². The normalized spacial score (nSPS) is 14.2. The molecule has 0 amide bonds. The Morgan fingerprint density at radius 3 is 2.53 bits per heavy atom. The van der Waals surface area contributed by atoms with Crippen LogP contribution in [0.3, 0.4) is 0 Å². The van der Waals surface area contributed by atoms with E-state index in [0.29, 0.717) is 11.7 Å². The molecular weight excluding hydrogens is 208 g/mol. The van der Waals surface area contributed by atoms with Gasteiger partial charge in [0, 0.05) is 5.56 Å². The molecule has 1 unspecified atom stereocenters. The predicted octanol–water partition coefficient (Wildman–Crippen LogP) is 4.97. The number of allylic oxidation sites excluding steroid dienone is 1. The first-order valence-electron chi connectivity index (χ1n) is 6.38. The van der Waals surface area contributed by atoms with Crippen molar-refractivity contribution in [3.8, 4) is 5.75 Å². The third kappa shape index (κ3) is 2.91. The molecule has 0 saturated heterocycles. The molecule has 0 fully saturated rings. The average molecular weight is 232 g/mol. The molecule has 0 aliphatic carbocycles. The molecule has 1 N–H and O–H groups in total. The van der Waals surface area contributed by atoms with Gasteiger partial charge in [-0.25, -0.2) is 0 Å². The Hall–Kier alpha value is -1.24. The summed E-state index contributed by atoms with van der Waals surface area (Å²) in [6, 6.07) is 6.00. The average Bonchev–Trinajstić information content (AvgIpc) is 2.31. The number of phenols is 1. The summed E-state index contributed by atoms with van der Waals surface area (Å²) in [6.45, 7) is 10.9. The highest BCUT2D eigenvalue weighted by atomic mass is 16.3. The zero-order chi connectivity index (χ0) is 13.1. The molecule has 0 aliphatic heterocycles. The summed E-state index contributed by atoms with van der Waals surface area (Å²) >= 11 is 0. The van der Waals surface area contributed by atoms with Gasteiger partial charge in [-0.1, -0.05) is 64.5 Å². The van der Waals surface area contributed by atoms with Crippen LogP contribution in [0.1, 0.15) is 58.1 Å². The second-order valence-electron chi connectivity index (χ2n) is 5.35. The number of hydrogen-bond donors (Lipinski definition) is 1. The molecule has 1 atom stereocenters. The molecule has 1 heteroatoms. The van der Waals surface area contributed by atoms with Gasteiger partial charge in [0.2, 0.25) is 0 Å². The number of para-hydroxylation sites is 1. The smallest absolute Gasteiger partial charge is 0.126 e. The first-order chi connectivity index (χ1) is 7.94. The maximum atomic E-state index is 10.3. The van der Waals surface area contributed by atoms with Crippen molar-refractivity contribution < 1.29 is 5.11 Å². The molecule has 0 aliphatic rings. The molecule has 0 radical (unpaired) electrons. The van der Waals surface area contributed by atoms with Crippen molar-refractivity contribution in [2.45, 2.75) is 47.0 Å². The lowest BCUT2D eigenvalue weighted by atomic mass is 9.74. The topological polar surface area (TPSA) is 20.2 Å². The fraction of sp³-hybridized carbons (Fsp3) is 0.500. The van der Waals surface area contributed by atoms with Crippen LogP contribution < -0.4 is 0 Å². The highest BCUT2D eigenvalue weighted by molar-refractivity contribution is 5.59. The quantitative estimate of drug-likeness (QED) is 0.777. The number of phenolic OH excluding ortho intramolecular Hbond substituents is 1. The van der Waals surface area contributed by atoms with Gasteiger partial charge in [0.05, 0.1) is 0 Å². The molecule has 17 heavy (non-hydrogen) atoms. The van der Waals surface area contributed by atoms with Gasteiger partial charge in [0.1, 0.15) is 5.75 Å². The van der Waals surface area contributed by atoms with Crippen LogP contribution in [0.15, 0.2) is 24.3 Å². The van der Waals surface area contributed by atoms with Crippen molar-refractivity contribution in [3.05, 3.63) is 35.4 Å². The monoisotopic (exact) mass is 232 g/mol. The lowest BCUT2D eigenvalue weighted by molar-refractivity contribution is 0.283. The van der Waals surface area contributed by atoms with E-state index in [1.165, 1.54) is 0 Å². The van der Waals surface area contributed by atoms with E-state index in [2.05, 4.69) is 27.7 Å². The molecule has 1 rings (SSSR count). The van der Waals surface area contributed by atoms with Crippen molar-refractivity contribution in [3.63, 3.8) is 0 Å². The lowest BCUT2D eigenvalue weighted by Crippen LogP contribution is -2.18. The number of benzene rings is 1. The van der Waals surface area contributed by atoms with E-state index in [1.54, 1.807) is 0 Å². The first-order valence-corrected chi connectivity index (χ1v) is 6.38. The van der Waals surface area contributed by atoms with Crippen LogP contribution in [0.4, 0.5) is 0 Å². The van der Waals surface area contributed by atoms with Crippen molar-refractivity contribution in [2.24, 2.45) is 5.41 Å². The summed E-state index contributed by atoms with van der Waals surface area (Å²) in [5, 5.41) is 10.3. The number of hydrogen-bond acceptors (Lipinski definition) is 1. The minimum atomic E-state index is 0.200. The third-order valence-corrected chi connectivity index (χ3v) is 3.99. The van der Waals surface area contributed by atoms with Gasteiger partial charge in [-0.05, 0) is 23.8 Å². The minimum Gasteiger partial charge on any atom is -0.507 e. The van der Waals surface area contributed by atoms with Crippen LogP contribution in [0.2, 0.25) is 0 Å². The predicted molar refractivity (Wildman–Crippen MR) is 75.3 cm³/mol.